The van der Waals surface area contributed by atoms with Gasteiger partial charge in [0, 0.05) is 43.8 Å². The van der Waals surface area contributed by atoms with E-state index in [1.807, 2.05) is 41.0 Å². The first-order valence-corrected chi connectivity index (χ1v) is 9.10. The third-order valence-corrected chi connectivity index (χ3v) is 5.55. The fourth-order valence-corrected chi connectivity index (χ4v) is 3.66. The molecule has 1 aromatic carbocycles. The van der Waals surface area contributed by atoms with Gasteiger partial charge in [-0.15, -0.1) is 0 Å². The number of hydrogen-bond acceptors (Lipinski definition) is 3. The average molecular weight is 329 g/mol. The van der Waals surface area contributed by atoms with Crippen molar-refractivity contribution in [3.05, 3.63) is 47.8 Å². The van der Waals surface area contributed by atoms with E-state index in [9.17, 15) is 4.79 Å². The SMILES string of the molecule is CC1CCN(C(=O)c2ccc(CSc3nccn3C)cc2)CC1. The number of aryl methyl sites for hydroxylation is 1. The second-order valence-electron chi connectivity index (χ2n) is 6.28. The van der Waals surface area contributed by atoms with Gasteiger partial charge in [-0.2, -0.15) is 0 Å². The summed E-state index contributed by atoms with van der Waals surface area (Å²) in [5, 5.41) is 1.01. The van der Waals surface area contributed by atoms with Crippen molar-refractivity contribution in [3.63, 3.8) is 0 Å². The van der Waals surface area contributed by atoms with E-state index in [1.54, 1.807) is 11.8 Å². The van der Waals surface area contributed by atoms with Crippen LogP contribution in [0.3, 0.4) is 0 Å². The van der Waals surface area contributed by atoms with Gasteiger partial charge in [-0.1, -0.05) is 30.8 Å². The summed E-state index contributed by atoms with van der Waals surface area (Å²) in [6, 6.07) is 8.01. The highest BCUT2D eigenvalue weighted by atomic mass is 32.2. The third-order valence-electron chi connectivity index (χ3n) is 4.42. The Hall–Kier alpha value is -1.75. The predicted octanol–water partition coefficient (Wildman–Crippen LogP) is 3.58. The van der Waals surface area contributed by atoms with Crippen LogP contribution in [-0.2, 0) is 12.8 Å². The van der Waals surface area contributed by atoms with Gasteiger partial charge in [-0.3, -0.25) is 4.79 Å². The van der Waals surface area contributed by atoms with Gasteiger partial charge >= 0.3 is 0 Å². The lowest BCUT2D eigenvalue weighted by molar-refractivity contribution is 0.0697. The van der Waals surface area contributed by atoms with Crippen LogP contribution in [0.15, 0.2) is 41.8 Å². The zero-order chi connectivity index (χ0) is 16.2. The van der Waals surface area contributed by atoms with E-state index in [-0.39, 0.29) is 5.91 Å². The largest absolute Gasteiger partial charge is 0.339 e. The number of carbonyl (C=O) groups excluding carboxylic acids is 1. The van der Waals surface area contributed by atoms with Crippen LogP contribution in [0.4, 0.5) is 0 Å². The zero-order valence-corrected chi connectivity index (χ0v) is 14.6. The molecule has 1 fully saturated rings. The number of nitrogens with zero attached hydrogens (tertiary/aromatic N) is 3. The van der Waals surface area contributed by atoms with Gasteiger partial charge < -0.3 is 9.47 Å². The quantitative estimate of drug-likeness (QED) is 0.805. The first-order chi connectivity index (χ1) is 11.1. The Bertz CT molecular complexity index is 657. The number of carbonyl (C=O) groups is 1. The minimum absolute atomic E-state index is 0.167. The second kappa shape index (κ2) is 7.21. The van der Waals surface area contributed by atoms with Crippen molar-refractivity contribution in [2.75, 3.05) is 13.1 Å². The van der Waals surface area contributed by atoms with Crippen LogP contribution in [0.25, 0.3) is 0 Å². The van der Waals surface area contributed by atoms with Crippen LogP contribution in [0.2, 0.25) is 0 Å². The first kappa shape index (κ1) is 16.1. The van der Waals surface area contributed by atoms with E-state index in [1.165, 1.54) is 5.56 Å². The van der Waals surface area contributed by atoms with Crippen LogP contribution in [0.5, 0.6) is 0 Å². The average Bonchev–Trinajstić information content (AvgIpc) is 2.99. The summed E-state index contributed by atoms with van der Waals surface area (Å²) in [5.74, 6) is 1.77. The Balaban J connectivity index is 1.58. The number of rotatable bonds is 4. The molecule has 1 aliphatic rings. The summed E-state index contributed by atoms with van der Waals surface area (Å²) >= 11 is 1.71. The van der Waals surface area contributed by atoms with Crippen LogP contribution >= 0.6 is 11.8 Å². The Morgan fingerprint density at radius 3 is 2.57 bits per heavy atom. The van der Waals surface area contributed by atoms with Crippen LogP contribution in [-0.4, -0.2) is 33.4 Å². The van der Waals surface area contributed by atoms with E-state index in [4.69, 9.17) is 0 Å². The van der Waals surface area contributed by atoms with E-state index in [0.29, 0.717) is 0 Å². The second-order valence-corrected chi connectivity index (χ2v) is 7.22. The van der Waals surface area contributed by atoms with Crippen molar-refractivity contribution in [1.82, 2.24) is 14.5 Å². The number of thioether (sulfide) groups is 1. The number of amides is 1. The molecule has 0 bridgehead atoms. The standard InChI is InChI=1S/C18H23N3OS/c1-14-7-10-21(11-8-14)17(22)16-5-3-15(4-6-16)13-23-18-19-9-12-20(18)2/h3-6,9,12,14H,7-8,10-11,13H2,1-2H3. The molecule has 2 aromatic rings. The molecule has 4 nitrogen and oxygen atoms in total. The highest BCUT2D eigenvalue weighted by Gasteiger charge is 2.21. The predicted molar refractivity (Wildman–Crippen MR) is 93.5 cm³/mol. The molecule has 0 spiro atoms. The minimum Gasteiger partial charge on any atom is -0.339 e. The smallest absolute Gasteiger partial charge is 0.253 e. The molecule has 1 aromatic heterocycles. The molecule has 0 N–H and O–H groups in total. The van der Waals surface area contributed by atoms with Crippen molar-refractivity contribution in [2.24, 2.45) is 13.0 Å². The molecular weight excluding hydrogens is 306 g/mol. The topological polar surface area (TPSA) is 38.1 Å². The molecule has 0 atom stereocenters. The highest BCUT2D eigenvalue weighted by molar-refractivity contribution is 7.98. The van der Waals surface area contributed by atoms with Gasteiger partial charge in [-0.25, -0.2) is 4.98 Å². The number of likely N-dealkylation sites (tertiary alicyclic amines) is 1. The van der Waals surface area contributed by atoms with Crippen molar-refractivity contribution < 1.29 is 4.79 Å². The maximum absolute atomic E-state index is 12.5. The fraction of sp³-hybridized carbons (Fsp3) is 0.444. The molecule has 5 heteroatoms. The van der Waals surface area contributed by atoms with Gasteiger partial charge in [0.05, 0.1) is 0 Å². The molecule has 122 valence electrons. The summed E-state index contributed by atoms with van der Waals surface area (Å²) in [4.78, 5) is 18.8. The van der Waals surface area contributed by atoms with E-state index in [0.717, 1.165) is 48.3 Å². The van der Waals surface area contributed by atoms with Crippen molar-refractivity contribution in [2.45, 2.75) is 30.7 Å². The zero-order valence-electron chi connectivity index (χ0n) is 13.7. The van der Waals surface area contributed by atoms with Crippen molar-refractivity contribution in [1.29, 1.82) is 0 Å². The fourth-order valence-electron chi connectivity index (χ4n) is 2.78. The number of piperidine rings is 1. The molecule has 3 rings (SSSR count). The molecule has 0 radical (unpaired) electrons. The number of imidazole rings is 1. The Labute approximate surface area is 141 Å². The Kier molecular flexibility index (Phi) is 5.06. The molecular formula is C18H23N3OS. The van der Waals surface area contributed by atoms with Crippen LogP contribution in [0.1, 0.15) is 35.7 Å². The Morgan fingerprint density at radius 2 is 1.96 bits per heavy atom. The molecule has 1 aliphatic heterocycles. The maximum atomic E-state index is 12.5. The molecule has 0 saturated carbocycles. The van der Waals surface area contributed by atoms with Crippen LogP contribution in [0, 0.1) is 5.92 Å². The lowest BCUT2D eigenvalue weighted by Gasteiger charge is -2.30. The van der Waals surface area contributed by atoms with Gasteiger partial charge in [0.2, 0.25) is 0 Å². The maximum Gasteiger partial charge on any atom is 0.253 e. The van der Waals surface area contributed by atoms with E-state index in [2.05, 4.69) is 24.0 Å². The number of aromatic nitrogens is 2. The third kappa shape index (κ3) is 3.96. The molecule has 0 unspecified atom stereocenters. The normalized spacial score (nSPS) is 15.8. The molecule has 2 heterocycles. The minimum atomic E-state index is 0.167. The summed E-state index contributed by atoms with van der Waals surface area (Å²) < 4.78 is 2.01. The highest BCUT2D eigenvalue weighted by Crippen LogP contribution is 2.22. The molecule has 1 amide bonds. The van der Waals surface area contributed by atoms with Gasteiger partial charge in [0.15, 0.2) is 5.16 Å². The lowest BCUT2D eigenvalue weighted by Crippen LogP contribution is -2.37. The molecule has 0 aliphatic carbocycles. The van der Waals surface area contributed by atoms with Crippen molar-refractivity contribution in [3.8, 4) is 0 Å². The van der Waals surface area contributed by atoms with E-state index < -0.39 is 0 Å². The van der Waals surface area contributed by atoms with Gasteiger partial charge in [-0.05, 0) is 36.5 Å². The summed E-state index contributed by atoms with van der Waals surface area (Å²) in [5.41, 5.74) is 2.01. The summed E-state index contributed by atoms with van der Waals surface area (Å²) in [7, 11) is 2.00. The first-order valence-electron chi connectivity index (χ1n) is 8.12. The number of benzene rings is 1. The molecule has 1 saturated heterocycles. The van der Waals surface area contributed by atoms with Gasteiger partial charge in [0.1, 0.15) is 0 Å². The monoisotopic (exact) mass is 329 g/mol. The lowest BCUT2D eigenvalue weighted by atomic mass is 9.98. The molecule has 23 heavy (non-hydrogen) atoms. The van der Waals surface area contributed by atoms with Gasteiger partial charge in [0.25, 0.3) is 5.91 Å². The van der Waals surface area contributed by atoms with Crippen LogP contribution < -0.4 is 0 Å². The summed E-state index contributed by atoms with van der Waals surface area (Å²) in [6.07, 6.45) is 5.99. The summed E-state index contributed by atoms with van der Waals surface area (Å²) in [6.45, 7) is 4.03. The van der Waals surface area contributed by atoms with E-state index >= 15 is 0 Å². The van der Waals surface area contributed by atoms with Crippen molar-refractivity contribution >= 4 is 17.7 Å². The Morgan fingerprint density at radius 1 is 1.26 bits per heavy atom. The number of hydrogen-bond donors (Lipinski definition) is 0.